The Hall–Kier alpha value is -2.13. The molecule has 1 aromatic carbocycles. The SMILES string of the molecule is O=C(O)N1CCN(Cc2ccc(Br)cc2N2CCCCC2)CC1N1C(=O)CCC1=O. The van der Waals surface area contributed by atoms with E-state index in [9.17, 15) is 19.5 Å². The van der Waals surface area contributed by atoms with Gasteiger partial charge in [-0.1, -0.05) is 22.0 Å². The topological polar surface area (TPSA) is 84.4 Å². The second-order valence-electron chi connectivity index (χ2n) is 8.17. The number of likely N-dealkylation sites (tertiary alicyclic amines) is 1. The molecule has 8 nitrogen and oxygen atoms in total. The molecule has 3 aliphatic rings. The maximum Gasteiger partial charge on any atom is 0.409 e. The van der Waals surface area contributed by atoms with Crippen LogP contribution in [0.2, 0.25) is 0 Å². The van der Waals surface area contributed by atoms with Crippen LogP contribution in [-0.4, -0.2) is 76.6 Å². The fourth-order valence-corrected chi connectivity index (χ4v) is 5.02. The third-order valence-corrected chi connectivity index (χ3v) is 6.70. The van der Waals surface area contributed by atoms with Crippen molar-refractivity contribution in [3.05, 3.63) is 28.2 Å². The summed E-state index contributed by atoms with van der Waals surface area (Å²) in [5.41, 5.74) is 2.39. The fourth-order valence-electron chi connectivity index (χ4n) is 4.67. The molecule has 3 fully saturated rings. The Kier molecular flexibility index (Phi) is 6.29. The number of hydrogen-bond donors (Lipinski definition) is 1. The molecule has 0 bridgehead atoms. The highest BCUT2D eigenvalue weighted by molar-refractivity contribution is 9.10. The maximum absolute atomic E-state index is 12.3. The minimum Gasteiger partial charge on any atom is -0.465 e. The standard InChI is InChI=1S/C21H27BrN4O4/c22-16-5-4-15(17(12-16)24-8-2-1-3-9-24)13-23-10-11-25(21(29)30)18(14-23)26-19(27)6-7-20(26)28/h4-5,12,18H,1-3,6-11,13-14H2,(H,29,30). The molecule has 0 radical (unpaired) electrons. The summed E-state index contributed by atoms with van der Waals surface area (Å²) in [6.45, 7) is 3.89. The third-order valence-electron chi connectivity index (χ3n) is 6.21. The first-order valence-electron chi connectivity index (χ1n) is 10.5. The van der Waals surface area contributed by atoms with Gasteiger partial charge in [0.05, 0.1) is 0 Å². The van der Waals surface area contributed by atoms with Gasteiger partial charge in [-0.15, -0.1) is 0 Å². The lowest BCUT2D eigenvalue weighted by molar-refractivity contribution is -0.147. The molecule has 4 rings (SSSR count). The number of amides is 3. The predicted molar refractivity (Wildman–Crippen MR) is 115 cm³/mol. The predicted octanol–water partition coefficient (Wildman–Crippen LogP) is 2.71. The van der Waals surface area contributed by atoms with Crippen molar-refractivity contribution in [2.24, 2.45) is 0 Å². The van der Waals surface area contributed by atoms with E-state index >= 15 is 0 Å². The number of carboxylic acid groups (broad SMARTS) is 1. The molecule has 1 unspecified atom stereocenters. The van der Waals surface area contributed by atoms with Crippen LogP contribution in [-0.2, 0) is 16.1 Å². The first kappa shape index (κ1) is 21.1. The number of carbonyl (C=O) groups excluding carboxylic acids is 2. The molecule has 0 saturated carbocycles. The van der Waals surface area contributed by atoms with E-state index in [1.807, 2.05) is 6.07 Å². The number of halogens is 1. The van der Waals surface area contributed by atoms with E-state index in [-0.39, 0.29) is 31.2 Å². The summed E-state index contributed by atoms with van der Waals surface area (Å²) < 4.78 is 1.04. The van der Waals surface area contributed by atoms with Gasteiger partial charge in [-0.3, -0.25) is 24.3 Å². The van der Waals surface area contributed by atoms with Crippen molar-refractivity contribution in [1.82, 2.24) is 14.7 Å². The van der Waals surface area contributed by atoms with Crippen LogP contribution in [0.4, 0.5) is 10.5 Å². The quantitative estimate of drug-likeness (QED) is 0.669. The Morgan fingerprint density at radius 3 is 2.40 bits per heavy atom. The molecule has 3 amide bonds. The van der Waals surface area contributed by atoms with Crippen LogP contribution in [0.25, 0.3) is 0 Å². The fraction of sp³-hybridized carbons (Fsp3) is 0.571. The second-order valence-corrected chi connectivity index (χ2v) is 9.09. The first-order valence-corrected chi connectivity index (χ1v) is 11.3. The molecular weight excluding hydrogens is 452 g/mol. The summed E-state index contributed by atoms with van der Waals surface area (Å²) >= 11 is 3.59. The number of rotatable bonds is 4. The van der Waals surface area contributed by atoms with Gasteiger partial charge in [0, 0.05) is 62.3 Å². The van der Waals surface area contributed by atoms with Crippen molar-refractivity contribution in [2.75, 3.05) is 37.6 Å². The van der Waals surface area contributed by atoms with E-state index in [1.165, 1.54) is 35.4 Å². The van der Waals surface area contributed by atoms with Gasteiger partial charge in [-0.25, -0.2) is 4.79 Å². The van der Waals surface area contributed by atoms with Gasteiger partial charge in [-0.2, -0.15) is 0 Å². The first-order chi connectivity index (χ1) is 14.4. The van der Waals surface area contributed by atoms with Gasteiger partial charge in [0.1, 0.15) is 6.17 Å². The number of anilines is 1. The van der Waals surface area contributed by atoms with Crippen LogP contribution in [0.1, 0.15) is 37.7 Å². The number of nitrogens with zero attached hydrogens (tertiary/aromatic N) is 4. The lowest BCUT2D eigenvalue weighted by Gasteiger charge is -2.43. The van der Waals surface area contributed by atoms with E-state index in [4.69, 9.17) is 0 Å². The molecule has 1 N–H and O–H groups in total. The van der Waals surface area contributed by atoms with Gasteiger partial charge < -0.3 is 10.0 Å². The zero-order chi connectivity index (χ0) is 21.3. The summed E-state index contributed by atoms with van der Waals surface area (Å²) in [6, 6.07) is 6.29. The van der Waals surface area contributed by atoms with Crippen LogP contribution >= 0.6 is 15.9 Å². The zero-order valence-corrected chi connectivity index (χ0v) is 18.5. The van der Waals surface area contributed by atoms with Gasteiger partial charge >= 0.3 is 6.09 Å². The maximum atomic E-state index is 12.3. The molecule has 3 heterocycles. The van der Waals surface area contributed by atoms with Crippen LogP contribution in [0.15, 0.2) is 22.7 Å². The molecule has 9 heteroatoms. The lowest BCUT2D eigenvalue weighted by Crippen LogP contribution is -2.62. The molecule has 0 spiro atoms. The van der Waals surface area contributed by atoms with Crippen LogP contribution < -0.4 is 4.90 Å². The second kappa shape index (κ2) is 8.93. The highest BCUT2D eigenvalue weighted by atomic mass is 79.9. The molecule has 162 valence electrons. The van der Waals surface area contributed by atoms with Crippen molar-refractivity contribution in [2.45, 2.75) is 44.8 Å². The number of piperazine rings is 1. The highest BCUT2D eigenvalue weighted by Crippen LogP contribution is 2.30. The third kappa shape index (κ3) is 4.32. The normalized spacial score (nSPS) is 23.4. The van der Waals surface area contributed by atoms with E-state index in [0.29, 0.717) is 19.6 Å². The minimum absolute atomic E-state index is 0.161. The zero-order valence-electron chi connectivity index (χ0n) is 16.9. The van der Waals surface area contributed by atoms with Crippen LogP contribution in [0, 0.1) is 0 Å². The van der Waals surface area contributed by atoms with Gasteiger partial charge in [0.2, 0.25) is 11.8 Å². The van der Waals surface area contributed by atoms with E-state index in [2.05, 4.69) is 37.9 Å². The minimum atomic E-state index is -1.09. The number of benzene rings is 1. The summed E-state index contributed by atoms with van der Waals surface area (Å²) in [5.74, 6) is -0.563. The molecule has 3 aliphatic heterocycles. The Morgan fingerprint density at radius 1 is 1.03 bits per heavy atom. The molecular formula is C21H27BrN4O4. The Bertz CT molecular complexity index is 826. The van der Waals surface area contributed by atoms with Gasteiger partial charge in [-0.05, 0) is 37.0 Å². The molecule has 0 aromatic heterocycles. The average molecular weight is 479 g/mol. The lowest BCUT2D eigenvalue weighted by atomic mass is 10.1. The summed E-state index contributed by atoms with van der Waals surface area (Å²) in [4.78, 5) is 43.2. The summed E-state index contributed by atoms with van der Waals surface area (Å²) in [7, 11) is 0. The van der Waals surface area contributed by atoms with Crippen molar-refractivity contribution in [3.8, 4) is 0 Å². The Balaban J connectivity index is 1.55. The van der Waals surface area contributed by atoms with Crippen molar-refractivity contribution >= 4 is 39.5 Å². The van der Waals surface area contributed by atoms with Crippen LogP contribution in [0.3, 0.4) is 0 Å². The van der Waals surface area contributed by atoms with Crippen LogP contribution in [0.5, 0.6) is 0 Å². The van der Waals surface area contributed by atoms with Gasteiger partial charge in [0.15, 0.2) is 0 Å². The highest BCUT2D eigenvalue weighted by Gasteiger charge is 2.42. The summed E-state index contributed by atoms with van der Waals surface area (Å²) in [5, 5.41) is 9.61. The van der Waals surface area contributed by atoms with E-state index < -0.39 is 12.3 Å². The number of imide groups is 1. The Morgan fingerprint density at radius 2 is 1.73 bits per heavy atom. The molecule has 1 aromatic rings. The van der Waals surface area contributed by atoms with Crippen molar-refractivity contribution in [3.63, 3.8) is 0 Å². The summed E-state index contributed by atoms with van der Waals surface area (Å²) in [6.07, 6.45) is 2.10. The number of carbonyl (C=O) groups is 3. The average Bonchev–Trinajstić information content (AvgIpc) is 3.07. The molecule has 0 aliphatic carbocycles. The molecule has 3 saturated heterocycles. The monoisotopic (exact) mass is 478 g/mol. The molecule has 30 heavy (non-hydrogen) atoms. The van der Waals surface area contributed by atoms with Gasteiger partial charge in [0.25, 0.3) is 0 Å². The van der Waals surface area contributed by atoms with E-state index in [0.717, 1.165) is 22.5 Å². The van der Waals surface area contributed by atoms with E-state index in [1.54, 1.807) is 0 Å². The molecule has 1 atom stereocenters. The smallest absolute Gasteiger partial charge is 0.409 e. The number of hydrogen-bond acceptors (Lipinski definition) is 5. The van der Waals surface area contributed by atoms with Crippen molar-refractivity contribution in [1.29, 1.82) is 0 Å². The Labute approximate surface area is 184 Å². The van der Waals surface area contributed by atoms with Crippen molar-refractivity contribution < 1.29 is 19.5 Å². The number of piperidine rings is 1. The largest absolute Gasteiger partial charge is 0.465 e.